The fourth-order valence-electron chi connectivity index (χ4n) is 2.28. The lowest BCUT2D eigenvalue weighted by Crippen LogP contribution is -2.28. The first-order valence-corrected chi connectivity index (χ1v) is 7.48. The molecular weight excluding hydrogens is 330 g/mol. The normalized spacial score (nSPS) is 12.0. The van der Waals surface area contributed by atoms with Crippen molar-refractivity contribution in [3.63, 3.8) is 0 Å². The maximum Gasteiger partial charge on any atom is 0.273 e. The zero-order valence-electron chi connectivity index (χ0n) is 12.9. The molecule has 0 aliphatic heterocycles. The van der Waals surface area contributed by atoms with Gasteiger partial charge in [0.2, 0.25) is 0 Å². The summed E-state index contributed by atoms with van der Waals surface area (Å²) in [6, 6.07) is 12.7. The summed E-state index contributed by atoms with van der Waals surface area (Å²) in [6.45, 7) is -0.135. The van der Waals surface area contributed by atoms with Crippen LogP contribution < -0.4 is 5.32 Å². The van der Waals surface area contributed by atoms with Crippen LogP contribution >= 0.6 is 0 Å². The minimum absolute atomic E-state index is 0.0512. The van der Waals surface area contributed by atoms with Gasteiger partial charge in [0.25, 0.3) is 5.91 Å². The zero-order valence-corrected chi connectivity index (χ0v) is 12.9. The SMILES string of the molecule is O=C(NCC(O)c1cccc(F)c1)c1cc(-c2ccccc2F)on1. The predicted octanol–water partition coefficient (Wildman–Crippen LogP) is 3.08. The standard InChI is InChI=1S/C18H14F2N2O3/c19-12-5-3-4-11(8-12)16(23)10-21-18(24)15-9-17(25-22-15)13-6-1-2-7-14(13)20/h1-9,16,23H,10H2,(H,21,24). The summed E-state index contributed by atoms with van der Waals surface area (Å²) in [5.41, 5.74) is 0.478. The molecule has 3 rings (SSSR count). The van der Waals surface area contributed by atoms with Crippen LogP contribution in [0.25, 0.3) is 11.3 Å². The molecule has 3 aromatic rings. The molecule has 128 valence electrons. The van der Waals surface area contributed by atoms with Crippen molar-refractivity contribution in [2.75, 3.05) is 6.54 Å². The van der Waals surface area contributed by atoms with Crippen LogP contribution in [-0.4, -0.2) is 22.7 Å². The molecule has 0 aliphatic rings. The van der Waals surface area contributed by atoms with E-state index < -0.39 is 23.6 Å². The molecule has 0 spiro atoms. The second-order valence-corrected chi connectivity index (χ2v) is 5.34. The largest absolute Gasteiger partial charge is 0.387 e. The number of hydrogen-bond acceptors (Lipinski definition) is 4. The summed E-state index contributed by atoms with van der Waals surface area (Å²) in [5, 5.41) is 16.1. The molecule has 7 heteroatoms. The Morgan fingerprint density at radius 3 is 2.72 bits per heavy atom. The second-order valence-electron chi connectivity index (χ2n) is 5.34. The van der Waals surface area contributed by atoms with Crippen LogP contribution in [0.15, 0.2) is 59.1 Å². The van der Waals surface area contributed by atoms with Crippen LogP contribution in [-0.2, 0) is 0 Å². The average Bonchev–Trinajstić information content (AvgIpc) is 3.09. The van der Waals surface area contributed by atoms with Gasteiger partial charge in [-0.05, 0) is 29.8 Å². The van der Waals surface area contributed by atoms with Gasteiger partial charge in [-0.1, -0.05) is 29.4 Å². The van der Waals surface area contributed by atoms with Crippen molar-refractivity contribution in [2.24, 2.45) is 0 Å². The van der Waals surface area contributed by atoms with E-state index >= 15 is 0 Å². The molecule has 0 aliphatic carbocycles. The van der Waals surface area contributed by atoms with E-state index in [0.29, 0.717) is 5.56 Å². The van der Waals surface area contributed by atoms with Gasteiger partial charge >= 0.3 is 0 Å². The van der Waals surface area contributed by atoms with Crippen molar-refractivity contribution < 1.29 is 23.2 Å². The summed E-state index contributed by atoms with van der Waals surface area (Å²) >= 11 is 0. The number of nitrogens with zero attached hydrogens (tertiary/aromatic N) is 1. The lowest BCUT2D eigenvalue weighted by molar-refractivity contribution is 0.0907. The van der Waals surface area contributed by atoms with E-state index in [4.69, 9.17) is 4.52 Å². The zero-order chi connectivity index (χ0) is 17.8. The third-order valence-electron chi connectivity index (χ3n) is 3.57. The number of carbonyl (C=O) groups excluding carboxylic acids is 1. The smallest absolute Gasteiger partial charge is 0.273 e. The van der Waals surface area contributed by atoms with Gasteiger partial charge in [-0.2, -0.15) is 0 Å². The first-order valence-electron chi connectivity index (χ1n) is 7.48. The minimum Gasteiger partial charge on any atom is -0.387 e. The number of aromatic nitrogens is 1. The van der Waals surface area contributed by atoms with Gasteiger partial charge in [0.05, 0.1) is 11.7 Å². The van der Waals surface area contributed by atoms with Crippen LogP contribution in [0.1, 0.15) is 22.2 Å². The molecule has 0 saturated carbocycles. The van der Waals surface area contributed by atoms with Crippen molar-refractivity contribution in [2.45, 2.75) is 6.10 Å². The van der Waals surface area contributed by atoms with E-state index in [1.807, 2.05) is 0 Å². The molecule has 1 atom stereocenters. The molecule has 0 fully saturated rings. The Morgan fingerprint density at radius 1 is 1.16 bits per heavy atom. The Labute approximate surface area is 141 Å². The van der Waals surface area contributed by atoms with Gasteiger partial charge in [-0.3, -0.25) is 4.79 Å². The number of carbonyl (C=O) groups is 1. The summed E-state index contributed by atoms with van der Waals surface area (Å²) in [5.74, 6) is -1.45. The third kappa shape index (κ3) is 3.89. The monoisotopic (exact) mass is 344 g/mol. The summed E-state index contributed by atoms with van der Waals surface area (Å²) in [7, 11) is 0. The van der Waals surface area contributed by atoms with Gasteiger partial charge in [0.15, 0.2) is 11.5 Å². The number of amides is 1. The fourth-order valence-corrected chi connectivity index (χ4v) is 2.28. The maximum absolute atomic E-state index is 13.7. The Kier molecular flexibility index (Phi) is 4.85. The molecule has 25 heavy (non-hydrogen) atoms. The molecule has 0 radical (unpaired) electrons. The van der Waals surface area contributed by atoms with E-state index in [0.717, 1.165) is 0 Å². The molecule has 2 N–H and O–H groups in total. The first kappa shape index (κ1) is 16.8. The maximum atomic E-state index is 13.7. The number of aliphatic hydroxyl groups excluding tert-OH is 1. The van der Waals surface area contributed by atoms with Gasteiger partial charge in [0.1, 0.15) is 11.6 Å². The molecule has 5 nitrogen and oxygen atoms in total. The van der Waals surface area contributed by atoms with Gasteiger partial charge < -0.3 is 14.9 Å². The minimum atomic E-state index is -1.07. The lowest BCUT2D eigenvalue weighted by Gasteiger charge is -2.11. The number of nitrogens with one attached hydrogen (secondary N) is 1. The van der Waals surface area contributed by atoms with Crippen LogP contribution in [0.3, 0.4) is 0 Å². The van der Waals surface area contributed by atoms with E-state index in [1.54, 1.807) is 12.1 Å². The molecule has 0 bridgehead atoms. The molecule has 1 heterocycles. The molecule has 1 amide bonds. The van der Waals surface area contributed by atoms with Crippen molar-refractivity contribution in [3.05, 3.63) is 77.5 Å². The number of aliphatic hydroxyl groups is 1. The Balaban J connectivity index is 1.65. The Morgan fingerprint density at radius 2 is 1.96 bits per heavy atom. The van der Waals surface area contributed by atoms with Crippen LogP contribution in [0.2, 0.25) is 0 Å². The highest BCUT2D eigenvalue weighted by molar-refractivity contribution is 5.93. The molecule has 1 aromatic heterocycles. The highest BCUT2D eigenvalue weighted by atomic mass is 19.1. The van der Waals surface area contributed by atoms with Crippen LogP contribution in [0, 0.1) is 11.6 Å². The molecule has 0 saturated heterocycles. The predicted molar refractivity (Wildman–Crippen MR) is 85.6 cm³/mol. The first-order chi connectivity index (χ1) is 12.0. The Hall–Kier alpha value is -3.06. The highest BCUT2D eigenvalue weighted by Crippen LogP contribution is 2.23. The van der Waals surface area contributed by atoms with Crippen molar-refractivity contribution in [1.82, 2.24) is 10.5 Å². The van der Waals surface area contributed by atoms with E-state index in [2.05, 4.69) is 10.5 Å². The average molecular weight is 344 g/mol. The van der Waals surface area contributed by atoms with Gasteiger partial charge in [0, 0.05) is 12.6 Å². The third-order valence-corrected chi connectivity index (χ3v) is 3.57. The lowest BCUT2D eigenvalue weighted by atomic mass is 10.1. The van der Waals surface area contributed by atoms with Crippen molar-refractivity contribution in [3.8, 4) is 11.3 Å². The molecule has 2 aromatic carbocycles. The van der Waals surface area contributed by atoms with E-state index in [9.17, 15) is 18.7 Å². The van der Waals surface area contributed by atoms with Crippen LogP contribution in [0.5, 0.6) is 0 Å². The van der Waals surface area contributed by atoms with Crippen molar-refractivity contribution in [1.29, 1.82) is 0 Å². The van der Waals surface area contributed by atoms with Gasteiger partial charge in [-0.25, -0.2) is 8.78 Å². The summed E-state index contributed by atoms with van der Waals surface area (Å²) in [6.07, 6.45) is -1.07. The summed E-state index contributed by atoms with van der Waals surface area (Å²) in [4.78, 5) is 12.1. The van der Waals surface area contributed by atoms with Crippen LogP contribution in [0.4, 0.5) is 8.78 Å². The number of benzene rings is 2. The fraction of sp³-hybridized carbons (Fsp3) is 0.111. The van der Waals surface area contributed by atoms with Gasteiger partial charge in [-0.15, -0.1) is 0 Å². The summed E-state index contributed by atoms with van der Waals surface area (Å²) < 4.78 is 31.8. The number of halogens is 2. The molecule has 1 unspecified atom stereocenters. The Bertz CT molecular complexity index is 895. The van der Waals surface area contributed by atoms with E-state index in [1.165, 1.54) is 42.5 Å². The number of hydrogen-bond donors (Lipinski definition) is 2. The quantitative estimate of drug-likeness (QED) is 0.746. The molecular formula is C18H14F2N2O3. The number of rotatable bonds is 5. The topological polar surface area (TPSA) is 75.4 Å². The second kappa shape index (κ2) is 7.23. The van der Waals surface area contributed by atoms with Crippen molar-refractivity contribution >= 4 is 5.91 Å². The highest BCUT2D eigenvalue weighted by Gasteiger charge is 2.17. The van der Waals surface area contributed by atoms with E-state index in [-0.39, 0.29) is 23.6 Å².